The van der Waals surface area contributed by atoms with E-state index in [4.69, 9.17) is 29.4 Å². The minimum absolute atomic E-state index is 0. The maximum absolute atomic E-state index is 6.46. The fourth-order valence-corrected chi connectivity index (χ4v) is 8.89. The molecule has 10 rings (SSSR count). The molecule has 1 aliphatic carbocycles. The number of aryl methyl sites for hydroxylation is 4. The van der Waals surface area contributed by atoms with Gasteiger partial charge < -0.3 is 34.1 Å². The lowest BCUT2D eigenvalue weighted by molar-refractivity contribution is 0.101. The van der Waals surface area contributed by atoms with E-state index in [1.54, 1.807) is 9.36 Å². The van der Waals surface area contributed by atoms with E-state index in [0.717, 1.165) is 93.6 Å². The van der Waals surface area contributed by atoms with Crippen molar-refractivity contribution >= 4 is 67.0 Å². The number of fused-ring (bicyclic) bond motifs is 2. The number of likely N-dealkylation sites (N-methyl/N-ethyl adjacent to an activating group) is 1. The first-order valence-corrected chi connectivity index (χ1v) is 21.4. The molecule has 1 atom stereocenters. The fourth-order valence-electron chi connectivity index (χ4n) is 7.58. The molecule has 1 saturated carbocycles. The Kier molecular flexibility index (Phi) is 11.0. The lowest BCUT2D eigenvalue weighted by Gasteiger charge is -2.29. The summed E-state index contributed by atoms with van der Waals surface area (Å²) in [5.74, 6) is 2.22. The molecule has 310 valence electrons. The van der Waals surface area contributed by atoms with E-state index in [0.29, 0.717) is 23.7 Å². The molecule has 8 aromatic heterocycles. The molecular weight excluding hydrogens is 787 g/mol. The van der Waals surface area contributed by atoms with Gasteiger partial charge in [-0.05, 0) is 113 Å². The largest absolute Gasteiger partial charge is 0.473 e. The molecule has 59 heavy (non-hydrogen) atoms. The normalized spacial score (nSPS) is 16.3. The highest BCUT2D eigenvalue weighted by molar-refractivity contribution is 7.10. The Bertz CT molecular complexity index is 2700. The summed E-state index contributed by atoms with van der Waals surface area (Å²) in [6.45, 7) is 5.92. The van der Waals surface area contributed by atoms with E-state index in [1.165, 1.54) is 42.3 Å². The lowest BCUT2D eigenvalue weighted by Crippen LogP contribution is -2.38. The van der Waals surface area contributed by atoms with Gasteiger partial charge in [0.25, 0.3) is 0 Å². The van der Waals surface area contributed by atoms with Crippen LogP contribution in [0.15, 0.2) is 61.4 Å². The van der Waals surface area contributed by atoms with Crippen LogP contribution in [0.5, 0.6) is 11.8 Å². The Labute approximate surface area is 352 Å². The Morgan fingerprint density at radius 3 is 1.63 bits per heavy atom. The lowest BCUT2D eigenvalue weighted by atomic mass is 9.98. The second-order valence-corrected chi connectivity index (χ2v) is 16.8. The second kappa shape index (κ2) is 16.7. The fraction of sp³-hybridized carbons (Fsp3) is 0.400. The van der Waals surface area contributed by atoms with Crippen LogP contribution in [0.1, 0.15) is 59.2 Å². The van der Waals surface area contributed by atoms with Crippen molar-refractivity contribution in [1.29, 1.82) is 0 Å². The minimum Gasteiger partial charge on any atom is -0.473 e. The molecule has 9 heterocycles. The smallest absolute Gasteiger partial charge is 0.244 e. The number of ether oxygens (including phenoxy) is 2. The van der Waals surface area contributed by atoms with Gasteiger partial charge in [-0.3, -0.25) is 9.36 Å². The van der Waals surface area contributed by atoms with Gasteiger partial charge in [0.1, 0.15) is 33.2 Å². The zero-order chi connectivity index (χ0) is 40.5. The molecule has 0 radical (unpaired) electrons. The Morgan fingerprint density at radius 1 is 0.661 bits per heavy atom. The van der Waals surface area contributed by atoms with E-state index in [1.807, 2.05) is 98.5 Å². The van der Waals surface area contributed by atoms with Crippen molar-refractivity contribution in [3.8, 4) is 23.1 Å². The standard InChI is InChI=1S/C20H24N8OS.C20H23N7OS.2H2/c1-13-9-17(30-25-13)23-20-22-16-6-8-28(14-10-21-27(3)11-14)18(16)19(24-20)29-15-5-4-7-26(2)12-15;1-13-10-17(29-25-13)23-20-22-16-8-9-27(14-11-21-26(2)12-14)18(16)19(24-20)28-15-6-4-3-5-7-15;;/h6,8-11,15H,4-5,7,12H2,1-3H3,(H,22,23,24);8-12,15H,3-7H2,1-2H3,(H,22,23,24);2*1H. The van der Waals surface area contributed by atoms with Crippen molar-refractivity contribution in [2.75, 3.05) is 30.8 Å². The van der Waals surface area contributed by atoms with E-state index in [-0.39, 0.29) is 15.1 Å². The third-order valence-electron chi connectivity index (χ3n) is 10.4. The Hall–Kier alpha value is -5.92. The van der Waals surface area contributed by atoms with E-state index < -0.39 is 0 Å². The van der Waals surface area contributed by atoms with Gasteiger partial charge in [0.15, 0.2) is 0 Å². The summed E-state index contributed by atoms with van der Waals surface area (Å²) in [5, 5.41) is 17.0. The summed E-state index contributed by atoms with van der Waals surface area (Å²) in [4.78, 5) is 21.2. The third-order valence-corrected chi connectivity index (χ3v) is 11.9. The van der Waals surface area contributed by atoms with Crippen LogP contribution in [0.4, 0.5) is 21.9 Å². The number of hydrogen-bond acceptors (Lipinski definition) is 15. The van der Waals surface area contributed by atoms with Crippen molar-refractivity contribution in [2.45, 2.75) is 71.0 Å². The highest BCUT2D eigenvalue weighted by Gasteiger charge is 2.24. The highest BCUT2D eigenvalue weighted by Crippen LogP contribution is 2.34. The van der Waals surface area contributed by atoms with Gasteiger partial charge in [0.2, 0.25) is 23.7 Å². The molecular formula is C40H51N15O2S2. The van der Waals surface area contributed by atoms with Gasteiger partial charge >= 0.3 is 0 Å². The number of rotatable bonds is 10. The maximum Gasteiger partial charge on any atom is 0.244 e. The molecule has 2 aliphatic rings. The SMILES string of the molecule is Cc1cc(Nc2nc(OC3CCCCC3)c3c(ccn3-c3cnn(C)c3)n2)sn1.Cc1cc(Nc2nc(OC3CCCN(C)C3)c3c(ccn3-c3cnn(C)c3)n2)sn1.[HH].[HH]. The van der Waals surface area contributed by atoms with Crippen LogP contribution in [-0.4, -0.2) is 94.6 Å². The number of piperidine rings is 1. The van der Waals surface area contributed by atoms with Crippen molar-refractivity contribution in [2.24, 2.45) is 14.1 Å². The number of aromatic nitrogens is 12. The van der Waals surface area contributed by atoms with Crippen molar-refractivity contribution in [1.82, 2.24) is 62.3 Å². The predicted octanol–water partition coefficient (Wildman–Crippen LogP) is 8.00. The maximum atomic E-state index is 6.46. The Balaban J connectivity index is 0.000000178. The van der Waals surface area contributed by atoms with Crippen LogP contribution in [0.3, 0.4) is 0 Å². The van der Waals surface area contributed by atoms with E-state index in [2.05, 4.69) is 41.5 Å². The zero-order valence-electron chi connectivity index (χ0n) is 33.7. The summed E-state index contributed by atoms with van der Waals surface area (Å²) in [6.07, 6.45) is 19.8. The average Bonchev–Trinajstić information content (AvgIpc) is 4.08. The van der Waals surface area contributed by atoms with Gasteiger partial charge in [-0.1, -0.05) is 6.42 Å². The summed E-state index contributed by atoms with van der Waals surface area (Å²) in [7, 11) is 5.94. The summed E-state index contributed by atoms with van der Waals surface area (Å²) in [5.41, 5.74) is 7.21. The van der Waals surface area contributed by atoms with Crippen LogP contribution in [-0.2, 0) is 14.1 Å². The number of nitrogens with zero attached hydrogens (tertiary/aromatic N) is 13. The van der Waals surface area contributed by atoms with Crippen molar-refractivity contribution in [3.63, 3.8) is 0 Å². The minimum atomic E-state index is 0. The van der Waals surface area contributed by atoms with Crippen molar-refractivity contribution in [3.05, 3.63) is 72.8 Å². The topological polar surface area (TPSA) is 169 Å². The third kappa shape index (κ3) is 8.76. The molecule has 0 aromatic carbocycles. The molecule has 1 aliphatic heterocycles. The first-order valence-electron chi connectivity index (χ1n) is 19.9. The van der Waals surface area contributed by atoms with Crippen LogP contribution < -0.4 is 20.1 Å². The summed E-state index contributed by atoms with van der Waals surface area (Å²) < 4.78 is 29.2. The van der Waals surface area contributed by atoms with Gasteiger partial charge in [-0.25, -0.2) is 9.97 Å². The van der Waals surface area contributed by atoms with Gasteiger partial charge in [0, 0.05) is 48.3 Å². The van der Waals surface area contributed by atoms with Crippen LogP contribution in [0.25, 0.3) is 33.4 Å². The first-order chi connectivity index (χ1) is 28.7. The van der Waals surface area contributed by atoms with E-state index in [9.17, 15) is 0 Å². The van der Waals surface area contributed by atoms with Crippen LogP contribution in [0.2, 0.25) is 0 Å². The molecule has 0 spiro atoms. The number of nitrogens with one attached hydrogen (secondary N) is 2. The summed E-state index contributed by atoms with van der Waals surface area (Å²) >= 11 is 2.79. The molecule has 17 nitrogen and oxygen atoms in total. The van der Waals surface area contributed by atoms with Crippen LogP contribution >= 0.6 is 23.1 Å². The van der Waals surface area contributed by atoms with Gasteiger partial charge in [-0.2, -0.15) is 28.9 Å². The van der Waals surface area contributed by atoms with E-state index >= 15 is 0 Å². The number of anilines is 4. The zero-order valence-corrected chi connectivity index (χ0v) is 35.4. The number of hydrogen-bond donors (Lipinski definition) is 2. The Morgan fingerprint density at radius 2 is 1.17 bits per heavy atom. The van der Waals surface area contributed by atoms with Crippen LogP contribution in [0, 0.1) is 13.8 Å². The second-order valence-electron chi connectivity index (χ2n) is 15.2. The summed E-state index contributed by atoms with van der Waals surface area (Å²) in [6, 6.07) is 7.93. The molecule has 8 aromatic rings. The molecule has 0 bridgehead atoms. The molecule has 1 unspecified atom stereocenters. The first kappa shape index (κ1) is 38.6. The molecule has 1 saturated heterocycles. The molecule has 19 heteroatoms. The highest BCUT2D eigenvalue weighted by atomic mass is 32.1. The molecule has 2 N–H and O–H groups in total. The van der Waals surface area contributed by atoms with Gasteiger partial charge in [0.05, 0.1) is 46.2 Å². The van der Waals surface area contributed by atoms with Gasteiger partial charge in [-0.15, -0.1) is 0 Å². The molecule has 0 amide bonds. The molecule has 2 fully saturated rings. The average molecular weight is 838 g/mol. The monoisotopic (exact) mass is 837 g/mol. The quantitative estimate of drug-likeness (QED) is 0.136. The predicted molar refractivity (Wildman–Crippen MR) is 234 cm³/mol. The van der Waals surface area contributed by atoms with Crippen molar-refractivity contribution < 1.29 is 12.3 Å². The number of likely N-dealkylation sites (tertiary alicyclic amines) is 1.